The molecule has 2 aliphatic heterocycles. The average Bonchev–Trinajstić information content (AvgIpc) is 3.60. The Hall–Kier alpha value is -2.82. The summed E-state index contributed by atoms with van der Waals surface area (Å²) in [5, 5.41) is 13.3. The third-order valence-corrected chi connectivity index (χ3v) is 6.46. The summed E-state index contributed by atoms with van der Waals surface area (Å²) in [6, 6.07) is 7.67. The van der Waals surface area contributed by atoms with Crippen molar-refractivity contribution in [3.8, 4) is 5.75 Å². The maximum absolute atomic E-state index is 12.9. The van der Waals surface area contributed by atoms with Gasteiger partial charge in [-0.05, 0) is 67.3 Å². The molecule has 3 aromatic rings. The predicted molar refractivity (Wildman–Crippen MR) is 126 cm³/mol. The normalized spacial score (nSPS) is 20.5. The zero-order valence-electron chi connectivity index (χ0n) is 19.6. The van der Waals surface area contributed by atoms with E-state index in [9.17, 15) is 4.79 Å². The molecule has 0 aliphatic carbocycles. The lowest BCUT2D eigenvalue weighted by atomic mass is 10.1. The Labute approximate surface area is 198 Å². The van der Waals surface area contributed by atoms with Gasteiger partial charge in [0.1, 0.15) is 5.75 Å². The van der Waals surface area contributed by atoms with Gasteiger partial charge in [-0.3, -0.25) is 9.69 Å². The van der Waals surface area contributed by atoms with Crippen LogP contribution in [0.3, 0.4) is 0 Å². The Bertz CT molecular complexity index is 1150. The van der Waals surface area contributed by atoms with Gasteiger partial charge in [-0.15, -0.1) is 5.10 Å². The third-order valence-electron chi connectivity index (χ3n) is 6.46. The summed E-state index contributed by atoms with van der Waals surface area (Å²) in [4.78, 5) is 18.1. The van der Waals surface area contributed by atoms with E-state index in [1.165, 1.54) is 0 Å². The van der Waals surface area contributed by atoms with Crippen LogP contribution in [0.4, 0.5) is 0 Å². The zero-order chi connectivity index (χ0) is 23.3. The first kappa shape index (κ1) is 22.9. The molecule has 0 saturated carbocycles. The van der Waals surface area contributed by atoms with E-state index in [-0.39, 0.29) is 17.8 Å². The number of nitrogens with one attached hydrogen (secondary N) is 1. The Morgan fingerprint density at radius 3 is 2.74 bits per heavy atom. The molecular formula is C24H32N6O4. The molecule has 2 aliphatic rings. The summed E-state index contributed by atoms with van der Waals surface area (Å²) in [6.07, 6.45) is 4.47. The number of tetrazole rings is 1. The van der Waals surface area contributed by atoms with Crippen LogP contribution < -0.4 is 10.3 Å². The van der Waals surface area contributed by atoms with Crippen LogP contribution in [0.15, 0.2) is 29.1 Å². The number of nitrogens with zero attached hydrogens (tertiary/aromatic N) is 5. The van der Waals surface area contributed by atoms with Crippen molar-refractivity contribution in [1.82, 2.24) is 30.1 Å². The fourth-order valence-electron chi connectivity index (χ4n) is 4.77. The highest BCUT2D eigenvalue weighted by molar-refractivity contribution is 5.80. The van der Waals surface area contributed by atoms with Gasteiger partial charge in [0.25, 0.3) is 5.56 Å². The molecule has 2 saturated heterocycles. The molecule has 4 heterocycles. The van der Waals surface area contributed by atoms with E-state index in [1.807, 2.05) is 35.9 Å². The Kier molecular flexibility index (Phi) is 7.17. The third kappa shape index (κ3) is 5.45. The van der Waals surface area contributed by atoms with Crippen molar-refractivity contribution in [2.45, 2.75) is 64.4 Å². The van der Waals surface area contributed by atoms with Crippen molar-refractivity contribution >= 4 is 10.9 Å². The molecule has 2 atom stereocenters. The molecule has 10 heteroatoms. The van der Waals surface area contributed by atoms with Crippen LogP contribution in [0.1, 0.15) is 44.0 Å². The fourth-order valence-corrected chi connectivity index (χ4v) is 4.77. The molecule has 1 aromatic carbocycles. The average molecular weight is 469 g/mol. The Morgan fingerprint density at radius 2 is 1.97 bits per heavy atom. The fraction of sp³-hybridized carbons (Fsp3) is 0.583. The largest absolute Gasteiger partial charge is 0.494 e. The summed E-state index contributed by atoms with van der Waals surface area (Å²) in [5.41, 5.74) is 1.40. The molecule has 182 valence electrons. The number of ether oxygens (including phenoxy) is 3. The monoisotopic (exact) mass is 468 g/mol. The molecule has 0 radical (unpaired) electrons. The molecule has 0 unspecified atom stereocenters. The van der Waals surface area contributed by atoms with Crippen LogP contribution in [0.25, 0.3) is 10.9 Å². The molecule has 2 fully saturated rings. The van der Waals surface area contributed by atoms with Crippen molar-refractivity contribution in [3.63, 3.8) is 0 Å². The quantitative estimate of drug-likeness (QED) is 0.483. The van der Waals surface area contributed by atoms with E-state index in [4.69, 9.17) is 14.2 Å². The SMILES string of the molecule is CCOc1ccc2[nH]c(=O)c(CN(Cc3nnnn3C[C@@H]3CCCO3)C[C@H]3CCCO3)cc2c1. The van der Waals surface area contributed by atoms with Crippen molar-refractivity contribution in [3.05, 3.63) is 46.0 Å². The number of aromatic nitrogens is 5. The van der Waals surface area contributed by atoms with Crippen LogP contribution in [-0.2, 0) is 29.1 Å². The van der Waals surface area contributed by atoms with E-state index in [1.54, 1.807) is 0 Å². The molecule has 5 rings (SSSR count). The summed E-state index contributed by atoms with van der Waals surface area (Å²) in [6.45, 7) is 6.48. The van der Waals surface area contributed by atoms with Crippen LogP contribution in [0.5, 0.6) is 5.75 Å². The minimum atomic E-state index is -0.0899. The maximum atomic E-state index is 12.9. The number of hydrogen-bond donors (Lipinski definition) is 1. The molecule has 0 spiro atoms. The van der Waals surface area contributed by atoms with Gasteiger partial charge in [0, 0.05) is 42.8 Å². The minimum absolute atomic E-state index is 0.0899. The second-order valence-electron chi connectivity index (χ2n) is 9.02. The molecule has 1 N–H and O–H groups in total. The van der Waals surface area contributed by atoms with Gasteiger partial charge >= 0.3 is 0 Å². The lowest BCUT2D eigenvalue weighted by molar-refractivity contribution is 0.0647. The number of rotatable bonds is 10. The minimum Gasteiger partial charge on any atom is -0.494 e. The van der Waals surface area contributed by atoms with E-state index in [0.717, 1.165) is 61.4 Å². The predicted octanol–water partition coefficient (Wildman–Crippen LogP) is 2.27. The zero-order valence-corrected chi connectivity index (χ0v) is 19.6. The van der Waals surface area contributed by atoms with Gasteiger partial charge in [-0.1, -0.05) is 0 Å². The lowest BCUT2D eigenvalue weighted by Gasteiger charge is -2.25. The van der Waals surface area contributed by atoms with Crippen molar-refractivity contribution < 1.29 is 14.2 Å². The summed E-state index contributed by atoms with van der Waals surface area (Å²) >= 11 is 0. The van der Waals surface area contributed by atoms with Crippen molar-refractivity contribution in [2.75, 3.05) is 26.4 Å². The number of aromatic amines is 1. The first-order valence-corrected chi connectivity index (χ1v) is 12.2. The summed E-state index contributed by atoms with van der Waals surface area (Å²) < 4.78 is 19.1. The molecule has 0 bridgehead atoms. The molecule has 0 amide bonds. The van der Waals surface area contributed by atoms with E-state index < -0.39 is 0 Å². The number of pyridine rings is 1. The van der Waals surface area contributed by atoms with Crippen LogP contribution in [0, 0.1) is 0 Å². The summed E-state index contributed by atoms with van der Waals surface area (Å²) in [7, 11) is 0. The van der Waals surface area contributed by atoms with Gasteiger partial charge in [-0.25, -0.2) is 4.68 Å². The second kappa shape index (κ2) is 10.6. The van der Waals surface area contributed by atoms with Gasteiger partial charge in [0.2, 0.25) is 0 Å². The summed E-state index contributed by atoms with van der Waals surface area (Å²) in [5.74, 6) is 1.56. The van der Waals surface area contributed by atoms with Gasteiger partial charge < -0.3 is 19.2 Å². The van der Waals surface area contributed by atoms with Crippen LogP contribution in [0.2, 0.25) is 0 Å². The topological polar surface area (TPSA) is 107 Å². The second-order valence-corrected chi connectivity index (χ2v) is 9.02. The smallest absolute Gasteiger partial charge is 0.252 e. The van der Waals surface area contributed by atoms with Crippen molar-refractivity contribution in [2.24, 2.45) is 0 Å². The first-order chi connectivity index (χ1) is 16.7. The number of fused-ring (bicyclic) bond motifs is 1. The standard InChI is InChI=1S/C24H32N6O4/c1-2-32-19-7-8-22-17(12-19)11-18(24(31)25-22)13-29(14-20-5-3-9-33-20)16-23-26-27-28-30(23)15-21-6-4-10-34-21/h7-8,11-12,20-21H,2-6,9-10,13-16H2,1H3,(H,25,31)/t20-,21+/m1/s1. The molecule has 10 nitrogen and oxygen atoms in total. The van der Waals surface area contributed by atoms with E-state index in [0.29, 0.717) is 38.3 Å². The van der Waals surface area contributed by atoms with Crippen LogP contribution in [-0.4, -0.2) is 68.7 Å². The van der Waals surface area contributed by atoms with Crippen LogP contribution >= 0.6 is 0 Å². The number of benzene rings is 1. The number of H-pyrrole nitrogens is 1. The Morgan fingerprint density at radius 1 is 1.15 bits per heavy atom. The highest BCUT2D eigenvalue weighted by Gasteiger charge is 2.24. The van der Waals surface area contributed by atoms with Gasteiger partial charge in [-0.2, -0.15) is 0 Å². The van der Waals surface area contributed by atoms with Crippen molar-refractivity contribution in [1.29, 1.82) is 0 Å². The molecule has 2 aromatic heterocycles. The molecular weight excluding hydrogens is 436 g/mol. The highest BCUT2D eigenvalue weighted by Crippen LogP contribution is 2.21. The maximum Gasteiger partial charge on any atom is 0.252 e. The number of hydrogen-bond acceptors (Lipinski definition) is 8. The lowest BCUT2D eigenvalue weighted by Crippen LogP contribution is -2.34. The van der Waals surface area contributed by atoms with Gasteiger partial charge in [0.15, 0.2) is 5.82 Å². The molecule has 34 heavy (non-hydrogen) atoms. The van der Waals surface area contributed by atoms with Gasteiger partial charge in [0.05, 0.1) is 31.9 Å². The highest BCUT2D eigenvalue weighted by atomic mass is 16.5. The Balaban J connectivity index is 1.38. The van der Waals surface area contributed by atoms with E-state index in [2.05, 4.69) is 25.4 Å². The van der Waals surface area contributed by atoms with E-state index >= 15 is 0 Å². The first-order valence-electron chi connectivity index (χ1n) is 12.2.